The fraction of sp³-hybridized carbons (Fsp3) is 0.556. The Bertz CT molecular complexity index is 249. The number of carbonyl (C=O) groups excluding carboxylic acids is 2. The molecule has 0 heterocycles. The smallest absolute Gasteiger partial charge is 0.413 e. The van der Waals surface area contributed by atoms with Crippen LogP contribution in [-0.2, 0) is 19.0 Å². The molecule has 15 heavy (non-hydrogen) atoms. The second-order valence-electron chi connectivity index (χ2n) is 2.51. The molecule has 0 aliphatic carbocycles. The minimum Gasteiger partial charge on any atom is -0.453 e. The molecule has 0 aromatic rings. The van der Waals surface area contributed by atoms with E-state index < -0.39 is 12.0 Å². The van der Waals surface area contributed by atoms with E-state index in [1.54, 1.807) is 13.0 Å². The van der Waals surface area contributed by atoms with E-state index in [-0.39, 0.29) is 13.4 Å². The monoisotopic (exact) mass is 217 g/mol. The standard InChI is InChI=1S/C9H15NO5/c1-4-7(5-15-6-13-2)8(11)10-9(12)14-3/h4H,5-6H2,1-3H3,(H,10,11,12)/b7-4+. The number of alkyl carbamates (subject to hydrolysis) is 1. The van der Waals surface area contributed by atoms with Gasteiger partial charge in [-0.2, -0.15) is 0 Å². The number of nitrogens with one attached hydrogen (secondary N) is 1. The van der Waals surface area contributed by atoms with Crippen molar-refractivity contribution in [3.8, 4) is 0 Å². The predicted molar refractivity (Wildman–Crippen MR) is 52.1 cm³/mol. The number of hydrogen-bond acceptors (Lipinski definition) is 5. The van der Waals surface area contributed by atoms with Crippen molar-refractivity contribution in [2.75, 3.05) is 27.6 Å². The van der Waals surface area contributed by atoms with Crippen LogP contribution < -0.4 is 5.32 Å². The third-order valence-electron chi connectivity index (χ3n) is 1.50. The number of imide groups is 1. The Hall–Kier alpha value is -1.40. The van der Waals surface area contributed by atoms with Crippen molar-refractivity contribution in [2.24, 2.45) is 0 Å². The summed E-state index contributed by atoms with van der Waals surface area (Å²) in [7, 11) is 2.66. The van der Waals surface area contributed by atoms with Crippen molar-refractivity contribution in [1.82, 2.24) is 5.32 Å². The van der Waals surface area contributed by atoms with E-state index >= 15 is 0 Å². The lowest BCUT2D eigenvalue weighted by Crippen LogP contribution is -2.32. The maximum Gasteiger partial charge on any atom is 0.413 e. The van der Waals surface area contributed by atoms with Crippen LogP contribution in [0, 0.1) is 0 Å². The zero-order chi connectivity index (χ0) is 11.7. The lowest BCUT2D eigenvalue weighted by molar-refractivity contribution is -0.118. The number of hydrogen-bond donors (Lipinski definition) is 1. The summed E-state index contributed by atoms with van der Waals surface area (Å²) in [6.45, 7) is 1.83. The van der Waals surface area contributed by atoms with Crippen LogP contribution in [-0.4, -0.2) is 39.6 Å². The number of amides is 2. The van der Waals surface area contributed by atoms with Gasteiger partial charge in [0.05, 0.1) is 13.7 Å². The van der Waals surface area contributed by atoms with Gasteiger partial charge in [-0.25, -0.2) is 4.79 Å². The molecule has 0 aromatic heterocycles. The van der Waals surface area contributed by atoms with Gasteiger partial charge in [-0.1, -0.05) is 6.08 Å². The molecule has 0 aromatic carbocycles. The van der Waals surface area contributed by atoms with E-state index in [9.17, 15) is 9.59 Å². The van der Waals surface area contributed by atoms with Crippen LogP contribution in [0.5, 0.6) is 0 Å². The van der Waals surface area contributed by atoms with Gasteiger partial charge >= 0.3 is 6.09 Å². The Morgan fingerprint density at radius 2 is 2.00 bits per heavy atom. The third-order valence-corrected chi connectivity index (χ3v) is 1.50. The van der Waals surface area contributed by atoms with E-state index in [0.717, 1.165) is 0 Å². The van der Waals surface area contributed by atoms with Crippen molar-refractivity contribution in [3.63, 3.8) is 0 Å². The highest BCUT2D eigenvalue weighted by atomic mass is 16.7. The molecule has 86 valence electrons. The van der Waals surface area contributed by atoms with Crippen molar-refractivity contribution in [1.29, 1.82) is 0 Å². The van der Waals surface area contributed by atoms with Gasteiger partial charge in [0, 0.05) is 12.7 Å². The van der Waals surface area contributed by atoms with Crippen LogP contribution >= 0.6 is 0 Å². The Morgan fingerprint density at radius 3 is 2.47 bits per heavy atom. The highest BCUT2D eigenvalue weighted by molar-refractivity contribution is 6.02. The number of methoxy groups -OCH3 is 2. The summed E-state index contributed by atoms with van der Waals surface area (Å²) in [5.74, 6) is -0.541. The van der Waals surface area contributed by atoms with Gasteiger partial charge < -0.3 is 14.2 Å². The Morgan fingerprint density at radius 1 is 1.33 bits per heavy atom. The van der Waals surface area contributed by atoms with Gasteiger partial charge in [0.2, 0.25) is 0 Å². The number of carbonyl (C=O) groups is 2. The average molecular weight is 217 g/mol. The molecular formula is C9H15NO5. The summed E-state index contributed by atoms with van der Waals surface area (Å²) in [5.41, 5.74) is 0.331. The lowest BCUT2D eigenvalue weighted by Gasteiger charge is -2.07. The van der Waals surface area contributed by atoms with Crippen LogP contribution in [0.2, 0.25) is 0 Å². The zero-order valence-corrected chi connectivity index (χ0v) is 9.03. The van der Waals surface area contributed by atoms with Crippen molar-refractivity contribution < 1.29 is 23.8 Å². The Balaban J connectivity index is 4.06. The topological polar surface area (TPSA) is 73.9 Å². The first kappa shape index (κ1) is 13.6. The van der Waals surface area contributed by atoms with E-state index in [0.29, 0.717) is 5.57 Å². The first-order valence-electron chi connectivity index (χ1n) is 4.26. The summed E-state index contributed by atoms with van der Waals surface area (Å²) < 4.78 is 13.9. The summed E-state index contributed by atoms with van der Waals surface area (Å²) in [6.07, 6.45) is 0.750. The largest absolute Gasteiger partial charge is 0.453 e. The molecular weight excluding hydrogens is 202 g/mol. The molecule has 0 saturated heterocycles. The lowest BCUT2D eigenvalue weighted by atomic mass is 10.2. The van der Waals surface area contributed by atoms with E-state index in [1.807, 2.05) is 5.32 Å². The van der Waals surface area contributed by atoms with Crippen LogP contribution in [0.15, 0.2) is 11.6 Å². The van der Waals surface area contributed by atoms with Crippen molar-refractivity contribution >= 4 is 12.0 Å². The van der Waals surface area contributed by atoms with E-state index in [2.05, 4.69) is 9.47 Å². The molecule has 0 spiro atoms. The molecule has 0 unspecified atom stereocenters. The third kappa shape index (κ3) is 5.82. The summed E-state index contributed by atoms with van der Waals surface area (Å²) in [6, 6.07) is 0. The minimum absolute atomic E-state index is 0.0766. The van der Waals surface area contributed by atoms with Crippen molar-refractivity contribution in [3.05, 3.63) is 11.6 Å². The first-order valence-corrected chi connectivity index (χ1v) is 4.26. The SMILES string of the molecule is C/C=C(\COCOC)C(=O)NC(=O)OC. The van der Waals surface area contributed by atoms with Gasteiger partial charge in [0.1, 0.15) is 6.79 Å². The quantitative estimate of drug-likeness (QED) is 0.411. The molecule has 0 saturated carbocycles. The van der Waals surface area contributed by atoms with Crippen LogP contribution in [0.3, 0.4) is 0 Å². The molecule has 0 atom stereocenters. The summed E-state index contributed by atoms with van der Waals surface area (Å²) in [5, 5.41) is 2.02. The highest BCUT2D eigenvalue weighted by Crippen LogP contribution is 1.96. The fourth-order valence-corrected chi connectivity index (χ4v) is 0.739. The molecule has 0 aliphatic rings. The molecule has 0 aliphatic heterocycles. The van der Waals surface area contributed by atoms with Crippen LogP contribution in [0.4, 0.5) is 4.79 Å². The second kappa shape index (κ2) is 7.95. The van der Waals surface area contributed by atoms with Crippen LogP contribution in [0.25, 0.3) is 0 Å². The van der Waals surface area contributed by atoms with Gasteiger partial charge in [-0.05, 0) is 6.92 Å². The predicted octanol–water partition coefficient (Wildman–Crippen LogP) is 0.436. The number of ether oxygens (including phenoxy) is 3. The average Bonchev–Trinajstić information content (AvgIpc) is 2.24. The molecule has 2 amide bonds. The maximum atomic E-state index is 11.3. The van der Waals surface area contributed by atoms with E-state index in [1.165, 1.54) is 14.2 Å². The summed E-state index contributed by atoms with van der Waals surface area (Å²) in [4.78, 5) is 22.1. The molecule has 0 fully saturated rings. The fourth-order valence-electron chi connectivity index (χ4n) is 0.739. The Kier molecular flexibility index (Phi) is 7.21. The van der Waals surface area contributed by atoms with Gasteiger partial charge in [-0.3, -0.25) is 10.1 Å². The van der Waals surface area contributed by atoms with Crippen LogP contribution in [0.1, 0.15) is 6.92 Å². The molecule has 1 N–H and O–H groups in total. The molecule has 0 radical (unpaired) electrons. The normalized spacial score (nSPS) is 11.0. The molecule has 0 bridgehead atoms. The van der Waals surface area contributed by atoms with Gasteiger partial charge in [0.25, 0.3) is 5.91 Å². The number of allylic oxidation sites excluding steroid dienone is 1. The molecule has 6 heteroatoms. The molecule has 6 nitrogen and oxygen atoms in total. The molecule has 0 rings (SSSR count). The minimum atomic E-state index is -0.800. The number of rotatable bonds is 5. The highest BCUT2D eigenvalue weighted by Gasteiger charge is 2.12. The van der Waals surface area contributed by atoms with Crippen molar-refractivity contribution in [2.45, 2.75) is 6.92 Å². The summed E-state index contributed by atoms with van der Waals surface area (Å²) >= 11 is 0. The maximum absolute atomic E-state index is 11.3. The van der Waals surface area contributed by atoms with Gasteiger partial charge in [0.15, 0.2) is 0 Å². The Labute approximate surface area is 88.2 Å². The van der Waals surface area contributed by atoms with E-state index in [4.69, 9.17) is 4.74 Å². The second-order valence-corrected chi connectivity index (χ2v) is 2.51. The first-order chi connectivity index (χ1) is 7.15. The zero-order valence-electron chi connectivity index (χ0n) is 9.03. The van der Waals surface area contributed by atoms with Gasteiger partial charge in [-0.15, -0.1) is 0 Å².